The predicted molar refractivity (Wildman–Crippen MR) is 175 cm³/mol. The van der Waals surface area contributed by atoms with Crippen LogP contribution in [0.2, 0.25) is 0 Å². The number of amides is 4. The third kappa shape index (κ3) is 10.3. The molecule has 0 fully saturated rings. The van der Waals surface area contributed by atoms with Crippen LogP contribution in [0.25, 0.3) is 11.1 Å². The Balaban J connectivity index is 1.48. The molecule has 3 aromatic carbocycles. The van der Waals surface area contributed by atoms with Gasteiger partial charge in [-0.1, -0.05) is 54.6 Å². The first kappa shape index (κ1) is 35.5. The Labute approximate surface area is 274 Å². The molecule has 11 nitrogen and oxygen atoms in total. The first-order valence-electron chi connectivity index (χ1n) is 15.7. The van der Waals surface area contributed by atoms with Gasteiger partial charge in [-0.25, -0.2) is 9.18 Å². The molecule has 0 radical (unpaired) electrons. The van der Waals surface area contributed by atoms with Gasteiger partial charge in [-0.15, -0.1) is 0 Å². The maximum absolute atomic E-state index is 14.2. The van der Waals surface area contributed by atoms with Gasteiger partial charge in [0, 0.05) is 51.1 Å². The third-order valence-corrected chi connectivity index (χ3v) is 8.02. The standard InChI is InChI=1S/C35H44FN5O6/c1-35(2,39-19-29(44)22-43)17-32(45)40-31-16-27-15-28(36)12-11-26(27)21-41(33(31)46)20-23-7-9-24(10-8-23)30-6-4-3-5-25(30)18-38-34(47)37-13-14-42/h3-12,15,29,31,39,42-44H,13-14,16-22H2,1-2H3,(H,40,45)(H2,37,38,47)/t29-,31+/m0/s1. The largest absolute Gasteiger partial charge is 0.395 e. The van der Waals surface area contributed by atoms with Crippen molar-refractivity contribution >= 4 is 17.8 Å². The minimum Gasteiger partial charge on any atom is -0.395 e. The average molecular weight is 650 g/mol. The van der Waals surface area contributed by atoms with E-state index in [0.29, 0.717) is 12.1 Å². The highest BCUT2D eigenvalue weighted by Crippen LogP contribution is 2.26. The monoisotopic (exact) mass is 649 g/mol. The van der Waals surface area contributed by atoms with Crippen molar-refractivity contribution in [2.75, 3.05) is 26.3 Å². The maximum atomic E-state index is 14.2. The quantitative estimate of drug-likeness (QED) is 0.140. The SMILES string of the molecule is CC(C)(CC(=O)N[C@@H]1Cc2cc(F)ccc2CN(Cc2ccc(-c3ccccc3CNC(=O)NCCO)cc2)C1=O)NC[C@H](O)CO. The van der Waals surface area contributed by atoms with E-state index in [1.807, 2.05) is 48.5 Å². The molecule has 252 valence electrons. The van der Waals surface area contributed by atoms with Crippen molar-refractivity contribution in [3.8, 4) is 11.1 Å². The van der Waals surface area contributed by atoms with E-state index in [1.165, 1.54) is 12.1 Å². The Kier molecular flexibility index (Phi) is 12.4. The molecule has 1 heterocycles. The van der Waals surface area contributed by atoms with Crippen LogP contribution >= 0.6 is 0 Å². The van der Waals surface area contributed by atoms with E-state index >= 15 is 0 Å². The van der Waals surface area contributed by atoms with Gasteiger partial charge in [-0.3, -0.25) is 9.59 Å². The number of halogens is 1. The summed E-state index contributed by atoms with van der Waals surface area (Å²) in [5.41, 5.74) is 4.38. The Bertz CT molecular complexity index is 1530. The molecule has 0 spiro atoms. The minimum atomic E-state index is -0.961. The summed E-state index contributed by atoms with van der Waals surface area (Å²) >= 11 is 0. The van der Waals surface area contributed by atoms with Crippen LogP contribution in [0.3, 0.4) is 0 Å². The Morgan fingerprint density at radius 3 is 2.49 bits per heavy atom. The van der Waals surface area contributed by atoms with Crippen molar-refractivity contribution in [3.05, 3.63) is 94.8 Å². The molecule has 0 unspecified atom stereocenters. The van der Waals surface area contributed by atoms with Gasteiger partial charge in [0.1, 0.15) is 11.9 Å². The second-order valence-electron chi connectivity index (χ2n) is 12.4. The van der Waals surface area contributed by atoms with E-state index in [9.17, 15) is 23.9 Å². The molecule has 4 amide bonds. The van der Waals surface area contributed by atoms with E-state index in [1.54, 1.807) is 24.8 Å². The van der Waals surface area contributed by atoms with E-state index in [0.717, 1.165) is 27.8 Å². The molecule has 1 aliphatic heterocycles. The number of benzene rings is 3. The molecule has 0 saturated carbocycles. The van der Waals surface area contributed by atoms with Crippen molar-refractivity contribution in [1.82, 2.24) is 26.2 Å². The smallest absolute Gasteiger partial charge is 0.315 e. The van der Waals surface area contributed by atoms with Gasteiger partial charge >= 0.3 is 6.03 Å². The predicted octanol–water partition coefficient (Wildman–Crippen LogP) is 1.97. The molecular weight excluding hydrogens is 605 g/mol. The van der Waals surface area contributed by atoms with Crippen LogP contribution in [-0.2, 0) is 35.6 Å². The van der Waals surface area contributed by atoms with Crippen LogP contribution in [0.4, 0.5) is 9.18 Å². The molecule has 3 aromatic rings. The Hall–Kier alpha value is -4.36. The number of rotatable bonds is 14. The number of aliphatic hydroxyl groups is 3. The molecule has 0 bridgehead atoms. The van der Waals surface area contributed by atoms with Gasteiger partial charge in [0.2, 0.25) is 11.8 Å². The minimum absolute atomic E-state index is 0.0106. The zero-order valence-corrected chi connectivity index (χ0v) is 26.8. The van der Waals surface area contributed by atoms with Crippen molar-refractivity contribution in [2.24, 2.45) is 0 Å². The summed E-state index contributed by atoms with van der Waals surface area (Å²) in [6.07, 6.45) is -0.804. The number of urea groups is 1. The van der Waals surface area contributed by atoms with Crippen LogP contribution in [0, 0.1) is 5.82 Å². The fourth-order valence-corrected chi connectivity index (χ4v) is 5.54. The number of aliphatic hydroxyl groups excluding tert-OH is 3. The lowest BCUT2D eigenvalue weighted by molar-refractivity contribution is -0.137. The maximum Gasteiger partial charge on any atom is 0.315 e. The molecular formula is C35H44FN5O6. The molecule has 12 heteroatoms. The Morgan fingerprint density at radius 1 is 1.02 bits per heavy atom. The number of hydrogen-bond donors (Lipinski definition) is 7. The second kappa shape index (κ2) is 16.5. The first-order valence-corrected chi connectivity index (χ1v) is 15.7. The summed E-state index contributed by atoms with van der Waals surface area (Å²) in [7, 11) is 0. The van der Waals surface area contributed by atoms with Crippen molar-refractivity contribution < 1.29 is 34.1 Å². The highest BCUT2D eigenvalue weighted by atomic mass is 19.1. The van der Waals surface area contributed by atoms with Crippen LogP contribution in [0.1, 0.15) is 42.5 Å². The molecule has 0 saturated heterocycles. The highest BCUT2D eigenvalue weighted by molar-refractivity contribution is 5.89. The van der Waals surface area contributed by atoms with E-state index in [-0.39, 0.29) is 63.5 Å². The van der Waals surface area contributed by atoms with Crippen LogP contribution in [0.15, 0.2) is 66.7 Å². The fraction of sp³-hybridized carbons (Fsp3) is 0.400. The number of fused-ring (bicyclic) bond motifs is 1. The zero-order chi connectivity index (χ0) is 34.0. The van der Waals surface area contributed by atoms with Crippen LogP contribution < -0.4 is 21.3 Å². The number of hydrogen-bond acceptors (Lipinski definition) is 7. The summed E-state index contributed by atoms with van der Waals surface area (Å²) in [6, 6.07) is 18.6. The summed E-state index contributed by atoms with van der Waals surface area (Å²) in [5, 5.41) is 39.0. The van der Waals surface area contributed by atoms with Gasteiger partial charge in [-0.05, 0) is 59.4 Å². The van der Waals surface area contributed by atoms with E-state index in [2.05, 4.69) is 21.3 Å². The van der Waals surface area contributed by atoms with Gasteiger partial charge in [0.25, 0.3) is 0 Å². The molecule has 1 aliphatic rings. The Morgan fingerprint density at radius 2 is 1.77 bits per heavy atom. The molecule has 4 rings (SSSR count). The van der Waals surface area contributed by atoms with Crippen molar-refractivity contribution in [2.45, 2.75) is 64.0 Å². The first-order chi connectivity index (χ1) is 22.5. The summed E-state index contributed by atoms with van der Waals surface area (Å²) in [6.45, 7) is 4.11. The summed E-state index contributed by atoms with van der Waals surface area (Å²) in [5.74, 6) is -1.07. The normalized spacial score (nSPS) is 15.4. The second-order valence-corrected chi connectivity index (χ2v) is 12.4. The molecule has 2 atom stereocenters. The lowest BCUT2D eigenvalue weighted by Crippen LogP contribution is -2.51. The van der Waals surface area contributed by atoms with Gasteiger partial charge in [0.15, 0.2) is 0 Å². The highest BCUT2D eigenvalue weighted by Gasteiger charge is 2.32. The van der Waals surface area contributed by atoms with Crippen molar-refractivity contribution in [3.63, 3.8) is 0 Å². The molecule has 0 aliphatic carbocycles. The average Bonchev–Trinajstić information content (AvgIpc) is 3.17. The lowest BCUT2D eigenvalue weighted by Gasteiger charge is -2.29. The molecule has 0 aromatic heterocycles. The number of carbonyl (C=O) groups is 3. The summed E-state index contributed by atoms with van der Waals surface area (Å²) in [4.78, 5) is 40.6. The topological polar surface area (TPSA) is 163 Å². The number of nitrogens with zero attached hydrogens (tertiary/aromatic N) is 1. The van der Waals surface area contributed by atoms with E-state index < -0.39 is 30.1 Å². The lowest BCUT2D eigenvalue weighted by atomic mass is 9.98. The summed E-state index contributed by atoms with van der Waals surface area (Å²) < 4.78 is 14.2. The van der Waals surface area contributed by atoms with E-state index in [4.69, 9.17) is 10.2 Å². The number of β-amino-alcohol motifs (C(OH)–C–C–N with tert-alkyl or cyclic N) is 1. The van der Waals surface area contributed by atoms with Crippen LogP contribution in [0.5, 0.6) is 0 Å². The number of carbonyl (C=O) groups excluding carboxylic acids is 3. The van der Waals surface area contributed by atoms with Crippen molar-refractivity contribution in [1.29, 1.82) is 0 Å². The fourth-order valence-electron chi connectivity index (χ4n) is 5.54. The number of nitrogens with one attached hydrogen (secondary N) is 4. The third-order valence-electron chi connectivity index (χ3n) is 8.02. The van der Waals surface area contributed by atoms with Crippen LogP contribution in [-0.4, -0.2) is 82.1 Å². The van der Waals surface area contributed by atoms with Gasteiger partial charge < -0.3 is 41.5 Å². The zero-order valence-electron chi connectivity index (χ0n) is 26.8. The van der Waals surface area contributed by atoms with Gasteiger partial charge in [-0.2, -0.15) is 0 Å². The molecule has 7 N–H and O–H groups in total. The van der Waals surface area contributed by atoms with Gasteiger partial charge in [0.05, 0.1) is 19.3 Å². The molecule has 47 heavy (non-hydrogen) atoms.